The third kappa shape index (κ3) is 6.62. The molecule has 188 valence electrons. The molecule has 0 aliphatic carbocycles. The van der Waals surface area contributed by atoms with Gasteiger partial charge in [-0.25, -0.2) is 11.0 Å². The molecule has 3 atom stereocenters. The van der Waals surface area contributed by atoms with Gasteiger partial charge in [-0.15, -0.1) is 0 Å². The third-order valence-corrected chi connectivity index (χ3v) is 5.62. The zero-order valence-electron chi connectivity index (χ0n) is 18.8. The number of benzene rings is 2. The molecule has 4 rings (SSSR count). The molecule has 35 heavy (non-hydrogen) atoms. The van der Waals surface area contributed by atoms with E-state index in [-0.39, 0.29) is 65.0 Å². The number of rotatable bonds is 6. The quantitative estimate of drug-likeness (QED) is 0.265. The minimum absolute atomic E-state index is 0. The van der Waals surface area contributed by atoms with Crippen LogP contribution in [0.25, 0.3) is 15.7 Å². The molecule has 3 aromatic rings. The first-order valence-corrected chi connectivity index (χ1v) is 10.2. The van der Waals surface area contributed by atoms with Gasteiger partial charge in [-0.05, 0) is 42.3 Å². The van der Waals surface area contributed by atoms with Gasteiger partial charge in [0, 0.05) is 35.2 Å². The number of halogens is 1. The number of ether oxygens (including phenoxy) is 1. The van der Waals surface area contributed by atoms with E-state index in [2.05, 4.69) is 9.83 Å². The fraction of sp³-hybridized carbons (Fsp3) is 0.304. The number of nitrogens with one attached hydrogen (secondary N) is 1. The van der Waals surface area contributed by atoms with E-state index in [1.165, 1.54) is 29.2 Å². The van der Waals surface area contributed by atoms with Gasteiger partial charge >= 0.3 is 6.17 Å². The Balaban J connectivity index is 0.00000204. The van der Waals surface area contributed by atoms with Gasteiger partial charge < -0.3 is 9.72 Å². The number of alkyl halides is 1. The molecule has 1 fully saturated rings. The number of nitrogens with zero attached hydrogens (tertiary/aromatic N) is 3. The first-order chi connectivity index (χ1) is 15.4. The van der Waals surface area contributed by atoms with Gasteiger partial charge in [0.1, 0.15) is 17.7 Å². The molecule has 0 unspecified atom stereocenters. The lowest BCUT2D eigenvalue weighted by Crippen LogP contribution is -2.38. The largest absolute Gasteiger partial charge is 0.457 e. The highest BCUT2D eigenvalue weighted by molar-refractivity contribution is 7.59. The second-order valence-electron chi connectivity index (χ2n) is 7.91. The van der Waals surface area contributed by atoms with E-state index in [9.17, 15) is 19.3 Å². The van der Waals surface area contributed by atoms with E-state index in [1.54, 1.807) is 13.0 Å². The van der Waals surface area contributed by atoms with Gasteiger partial charge in [-0.1, -0.05) is 6.92 Å². The van der Waals surface area contributed by atoms with Crippen LogP contribution in [-0.2, 0) is 11.2 Å². The zero-order valence-corrected chi connectivity index (χ0v) is 21.8. The van der Waals surface area contributed by atoms with Crippen LogP contribution in [0.15, 0.2) is 48.7 Å². The highest BCUT2D eigenvalue weighted by Gasteiger charge is 2.41. The molecule has 2 heterocycles. The van der Waals surface area contributed by atoms with Gasteiger partial charge in [0.25, 0.3) is 5.69 Å². The predicted octanol–water partition coefficient (Wildman–Crippen LogP) is 5.20. The molecule has 0 spiro atoms. The first kappa shape index (κ1) is 30.2. The van der Waals surface area contributed by atoms with Gasteiger partial charge in [-0.2, -0.15) is 40.5 Å². The van der Waals surface area contributed by atoms with Crippen LogP contribution < -0.4 is 4.74 Å². The Hall–Kier alpha value is -2.88. The van der Waals surface area contributed by atoms with Crippen molar-refractivity contribution >= 4 is 63.0 Å². The standard InChI is InChI=1S/C23H21FN4O4.3H2S/c1-14(23(29)27-13-16(24)10-22(27)25-2)9-15-12-26-21-8-7-19(11-20(15)21)32-18-5-3-17(4-6-18)28(30)31;;;/h3-8,11-12,14,16,22,26H,9-10,13H2,1H3;3*1H2/t14-,16-,22-;;;/m0.../s1. The Morgan fingerprint density at radius 3 is 2.54 bits per heavy atom. The highest BCUT2D eigenvalue weighted by Crippen LogP contribution is 2.30. The lowest BCUT2D eigenvalue weighted by Gasteiger charge is -2.20. The van der Waals surface area contributed by atoms with E-state index < -0.39 is 23.2 Å². The summed E-state index contributed by atoms with van der Waals surface area (Å²) < 4.78 is 19.5. The number of amides is 1. The molecular weight excluding hydrogens is 511 g/mol. The lowest BCUT2D eigenvalue weighted by atomic mass is 9.99. The van der Waals surface area contributed by atoms with Gasteiger partial charge in [0.2, 0.25) is 5.91 Å². The molecular formula is C23H27FN4O4S3. The molecule has 12 heteroatoms. The van der Waals surface area contributed by atoms with Crippen molar-refractivity contribution in [3.63, 3.8) is 0 Å². The number of nitro groups is 1. The number of H-pyrrole nitrogens is 1. The number of non-ortho nitro benzene ring substituents is 1. The van der Waals surface area contributed by atoms with Gasteiger partial charge in [-0.3, -0.25) is 24.7 Å². The summed E-state index contributed by atoms with van der Waals surface area (Å²) in [6, 6.07) is 11.3. The summed E-state index contributed by atoms with van der Waals surface area (Å²) in [5, 5.41) is 11.7. The molecule has 2 aromatic carbocycles. The number of carbonyl (C=O) groups excluding carboxylic acids is 1. The highest BCUT2D eigenvalue weighted by atomic mass is 32.1. The molecule has 1 amide bonds. The minimum Gasteiger partial charge on any atom is -0.457 e. The average Bonchev–Trinajstić information content (AvgIpc) is 3.36. The van der Waals surface area contributed by atoms with E-state index in [0.717, 1.165) is 16.5 Å². The smallest absolute Gasteiger partial charge is 0.303 e. The fourth-order valence-electron chi connectivity index (χ4n) is 3.99. The first-order valence-electron chi connectivity index (χ1n) is 10.2. The maximum absolute atomic E-state index is 13.7. The van der Waals surface area contributed by atoms with Crippen LogP contribution in [0.5, 0.6) is 11.5 Å². The maximum atomic E-state index is 13.7. The van der Waals surface area contributed by atoms with Gasteiger partial charge in [0.05, 0.1) is 17.9 Å². The van der Waals surface area contributed by atoms with Crippen molar-refractivity contribution in [2.24, 2.45) is 5.92 Å². The summed E-state index contributed by atoms with van der Waals surface area (Å²) in [5.41, 5.74) is 1.77. The fourth-order valence-corrected chi connectivity index (χ4v) is 3.99. The maximum Gasteiger partial charge on any atom is 0.303 e. The van der Waals surface area contributed by atoms with Crippen molar-refractivity contribution < 1.29 is 18.8 Å². The molecule has 8 nitrogen and oxygen atoms in total. The molecule has 0 radical (unpaired) electrons. The number of fused-ring (bicyclic) bond motifs is 1. The van der Waals surface area contributed by atoms with Crippen LogP contribution in [-0.4, -0.2) is 39.6 Å². The Morgan fingerprint density at radius 1 is 1.26 bits per heavy atom. The monoisotopic (exact) mass is 538 g/mol. The molecule has 1 aliphatic heterocycles. The minimum atomic E-state index is -1.16. The number of hydrogen-bond acceptors (Lipinski definition) is 4. The SMILES string of the molecule is S.S.S.[C-]#[N+][C@@H]1C[C@H](F)CN1C(=O)[C@@H](C)Cc1c[nH]c2ccc(Oc3ccc([N+](=O)[O-])cc3)cc12. The topological polar surface area (TPSA) is 92.8 Å². The molecule has 0 bridgehead atoms. The number of nitro benzene ring substituents is 1. The summed E-state index contributed by atoms with van der Waals surface area (Å²) >= 11 is 0. The number of likely N-dealkylation sites (tertiary alicyclic amines) is 1. The van der Waals surface area contributed by atoms with Crippen LogP contribution in [0, 0.1) is 22.6 Å². The normalized spacial score (nSPS) is 17.3. The van der Waals surface area contributed by atoms with Crippen molar-refractivity contribution in [1.82, 2.24) is 9.88 Å². The summed E-state index contributed by atoms with van der Waals surface area (Å²) in [6.07, 6.45) is 0.441. The van der Waals surface area contributed by atoms with Crippen molar-refractivity contribution in [1.29, 1.82) is 0 Å². The number of hydrogen-bond donors (Lipinski definition) is 1. The van der Waals surface area contributed by atoms with Crippen molar-refractivity contribution in [3.8, 4) is 11.5 Å². The average molecular weight is 539 g/mol. The predicted molar refractivity (Wildman–Crippen MR) is 147 cm³/mol. The molecule has 1 saturated heterocycles. The molecule has 1 aliphatic rings. The van der Waals surface area contributed by atoms with Crippen LogP contribution in [0.4, 0.5) is 10.1 Å². The Labute approximate surface area is 223 Å². The van der Waals surface area contributed by atoms with Crippen LogP contribution in [0.2, 0.25) is 0 Å². The summed E-state index contributed by atoms with van der Waals surface area (Å²) in [7, 11) is 0. The Morgan fingerprint density at radius 2 is 1.91 bits per heavy atom. The van der Waals surface area contributed by atoms with Crippen molar-refractivity contribution in [3.05, 3.63) is 75.8 Å². The molecule has 0 saturated carbocycles. The van der Waals surface area contributed by atoms with Crippen LogP contribution in [0.3, 0.4) is 0 Å². The summed E-state index contributed by atoms with van der Waals surface area (Å²) in [4.78, 5) is 31.1. The molecule has 1 N–H and O–H groups in total. The van der Waals surface area contributed by atoms with Crippen LogP contribution >= 0.6 is 40.5 Å². The number of carbonyl (C=O) groups is 1. The number of aromatic amines is 1. The van der Waals surface area contributed by atoms with E-state index in [0.29, 0.717) is 17.9 Å². The van der Waals surface area contributed by atoms with Crippen molar-refractivity contribution in [2.75, 3.05) is 6.54 Å². The van der Waals surface area contributed by atoms with Crippen molar-refractivity contribution in [2.45, 2.75) is 32.1 Å². The van der Waals surface area contributed by atoms with E-state index in [1.807, 2.05) is 18.3 Å². The molecule has 1 aromatic heterocycles. The number of aromatic nitrogens is 1. The van der Waals surface area contributed by atoms with Crippen LogP contribution in [0.1, 0.15) is 18.9 Å². The lowest BCUT2D eigenvalue weighted by molar-refractivity contribution is -0.384. The Kier molecular flexibility index (Phi) is 11.0. The van der Waals surface area contributed by atoms with Gasteiger partial charge in [0.15, 0.2) is 0 Å². The van der Waals surface area contributed by atoms with E-state index in [4.69, 9.17) is 11.3 Å². The zero-order chi connectivity index (χ0) is 22.8. The second-order valence-corrected chi connectivity index (χ2v) is 7.91. The third-order valence-electron chi connectivity index (χ3n) is 5.62. The summed E-state index contributed by atoms with van der Waals surface area (Å²) in [6.45, 7) is 8.97. The Bertz CT molecular complexity index is 1220. The van der Waals surface area contributed by atoms with E-state index >= 15 is 0 Å². The second kappa shape index (κ2) is 12.7. The summed E-state index contributed by atoms with van der Waals surface area (Å²) in [5.74, 6) is 0.385.